The van der Waals surface area contributed by atoms with Crippen molar-refractivity contribution in [3.63, 3.8) is 0 Å². The van der Waals surface area contributed by atoms with Crippen molar-refractivity contribution >= 4 is 12.6 Å². The highest BCUT2D eigenvalue weighted by Crippen LogP contribution is 2.31. The second-order valence-electron chi connectivity index (χ2n) is 4.29. The predicted octanol–water partition coefficient (Wildman–Crippen LogP) is 4.57. The van der Waals surface area contributed by atoms with Crippen LogP contribution in [-0.2, 0) is 0 Å². The first-order chi connectivity index (χ1) is 7.59. The number of hydrogen-bond donors (Lipinski definition) is 1. The van der Waals surface area contributed by atoms with Gasteiger partial charge in [0.25, 0.3) is 0 Å². The molecule has 0 atom stereocenters. The summed E-state index contributed by atoms with van der Waals surface area (Å²) in [5.41, 5.74) is 6.32. The molecule has 0 spiro atoms. The SMILES string of the molecule is Cc1ccc(C)c(-c2cccc(C)c2S)c1. The van der Waals surface area contributed by atoms with E-state index in [0.29, 0.717) is 0 Å². The van der Waals surface area contributed by atoms with E-state index in [1.807, 2.05) is 0 Å². The molecule has 0 aliphatic carbocycles. The number of aryl methyl sites for hydroxylation is 3. The van der Waals surface area contributed by atoms with Crippen molar-refractivity contribution in [2.24, 2.45) is 0 Å². The lowest BCUT2D eigenvalue weighted by molar-refractivity contribution is 1.29. The number of rotatable bonds is 1. The van der Waals surface area contributed by atoms with Gasteiger partial charge in [0, 0.05) is 4.90 Å². The fraction of sp³-hybridized carbons (Fsp3) is 0.200. The van der Waals surface area contributed by atoms with Crippen molar-refractivity contribution in [3.8, 4) is 11.1 Å². The highest BCUT2D eigenvalue weighted by Gasteiger charge is 2.07. The molecule has 0 fully saturated rings. The largest absolute Gasteiger partial charge is 0.143 e. The Kier molecular flexibility index (Phi) is 3.06. The summed E-state index contributed by atoms with van der Waals surface area (Å²) in [4.78, 5) is 1.08. The Labute approximate surface area is 103 Å². The van der Waals surface area contributed by atoms with Crippen LogP contribution >= 0.6 is 12.6 Å². The summed E-state index contributed by atoms with van der Waals surface area (Å²) in [5, 5.41) is 0. The Bertz CT molecular complexity index is 527. The molecule has 0 saturated heterocycles. The van der Waals surface area contributed by atoms with Crippen LogP contribution < -0.4 is 0 Å². The van der Waals surface area contributed by atoms with Crippen molar-refractivity contribution in [2.75, 3.05) is 0 Å². The molecule has 0 aliphatic heterocycles. The molecule has 2 rings (SSSR count). The van der Waals surface area contributed by atoms with Crippen molar-refractivity contribution < 1.29 is 0 Å². The van der Waals surface area contributed by atoms with Gasteiger partial charge in [0.05, 0.1) is 0 Å². The van der Waals surface area contributed by atoms with Gasteiger partial charge in [-0.2, -0.15) is 0 Å². The van der Waals surface area contributed by atoms with Gasteiger partial charge in [-0.15, -0.1) is 12.6 Å². The fourth-order valence-corrected chi connectivity index (χ4v) is 2.17. The van der Waals surface area contributed by atoms with Crippen molar-refractivity contribution in [2.45, 2.75) is 25.7 Å². The summed E-state index contributed by atoms with van der Waals surface area (Å²) >= 11 is 4.60. The van der Waals surface area contributed by atoms with Gasteiger partial charge < -0.3 is 0 Å². The molecule has 2 aromatic rings. The normalized spacial score (nSPS) is 10.5. The Morgan fingerprint density at radius 2 is 1.56 bits per heavy atom. The van der Waals surface area contributed by atoms with Crippen LogP contribution in [0.1, 0.15) is 16.7 Å². The average molecular weight is 228 g/mol. The van der Waals surface area contributed by atoms with Gasteiger partial charge in [0.2, 0.25) is 0 Å². The molecule has 0 N–H and O–H groups in total. The third kappa shape index (κ3) is 2.00. The highest BCUT2D eigenvalue weighted by atomic mass is 32.1. The minimum absolute atomic E-state index is 1.08. The van der Waals surface area contributed by atoms with E-state index >= 15 is 0 Å². The van der Waals surface area contributed by atoms with Crippen molar-refractivity contribution in [1.82, 2.24) is 0 Å². The van der Waals surface area contributed by atoms with Gasteiger partial charge in [-0.05, 0) is 43.0 Å². The first-order valence-corrected chi connectivity index (χ1v) is 5.90. The van der Waals surface area contributed by atoms with E-state index in [0.717, 1.165) is 4.90 Å². The van der Waals surface area contributed by atoms with Gasteiger partial charge in [0.15, 0.2) is 0 Å². The van der Waals surface area contributed by atoms with E-state index in [1.54, 1.807) is 0 Å². The van der Waals surface area contributed by atoms with E-state index in [4.69, 9.17) is 0 Å². The van der Waals surface area contributed by atoms with E-state index < -0.39 is 0 Å². The smallest absolute Gasteiger partial charge is 0.0148 e. The number of benzene rings is 2. The lowest BCUT2D eigenvalue weighted by Crippen LogP contribution is -1.88. The molecule has 0 aromatic heterocycles. The third-order valence-corrected chi connectivity index (χ3v) is 3.51. The van der Waals surface area contributed by atoms with Gasteiger partial charge in [-0.1, -0.05) is 42.0 Å². The molecule has 0 aliphatic rings. The molecule has 0 radical (unpaired) electrons. The molecule has 0 unspecified atom stereocenters. The molecular formula is C15H16S. The van der Waals surface area contributed by atoms with Crippen LogP contribution in [0.2, 0.25) is 0 Å². The second-order valence-corrected chi connectivity index (χ2v) is 4.74. The Balaban J connectivity index is 2.67. The summed E-state index contributed by atoms with van der Waals surface area (Å²) in [6.45, 7) is 6.36. The zero-order valence-corrected chi connectivity index (χ0v) is 10.8. The molecule has 0 bridgehead atoms. The molecular weight excluding hydrogens is 212 g/mol. The molecule has 0 nitrogen and oxygen atoms in total. The van der Waals surface area contributed by atoms with E-state index in [-0.39, 0.29) is 0 Å². The molecule has 82 valence electrons. The maximum Gasteiger partial charge on any atom is 0.0148 e. The molecule has 1 heteroatoms. The van der Waals surface area contributed by atoms with E-state index in [2.05, 4.69) is 69.8 Å². The zero-order chi connectivity index (χ0) is 11.7. The van der Waals surface area contributed by atoms with Crippen LogP contribution in [0.25, 0.3) is 11.1 Å². The molecule has 0 amide bonds. The Morgan fingerprint density at radius 1 is 0.812 bits per heavy atom. The second kappa shape index (κ2) is 4.34. The van der Waals surface area contributed by atoms with Crippen LogP contribution in [-0.4, -0.2) is 0 Å². The quantitative estimate of drug-likeness (QED) is 0.679. The van der Waals surface area contributed by atoms with Crippen LogP contribution in [0.5, 0.6) is 0 Å². The maximum absolute atomic E-state index is 4.60. The summed E-state index contributed by atoms with van der Waals surface area (Å²) in [6, 6.07) is 12.9. The summed E-state index contributed by atoms with van der Waals surface area (Å²) < 4.78 is 0. The minimum atomic E-state index is 1.08. The number of hydrogen-bond acceptors (Lipinski definition) is 1. The van der Waals surface area contributed by atoms with Crippen molar-refractivity contribution in [3.05, 3.63) is 53.1 Å². The lowest BCUT2D eigenvalue weighted by atomic mass is 9.97. The lowest BCUT2D eigenvalue weighted by Gasteiger charge is -2.11. The van der Waals surface area contributed by atoms with Gasteiger partial charge in [-0.25, -0.2) is 0 Å². The van der Waals surface area contributed by atoms with Gasteiger partial charge in [-0.3, -0.25) is 0 Å². The van der Waals surface area contributed by atoms with E-state index in [9.17, 15) is 0 Å². The van der Waals surface area contributed by atoms with Crippen LogP contribution in [0.3, 0.4) is 0 Å². The first-order valence-electron chi connectivity index (χ1n) is 5.46. The maximum atomic E-state index is 4.60. The topological polar surface area (TPSA) is 0 Å². The predicted molar refractivity (Wildman–Crippen MR) is 73.3 cm³/mol. The van der Waals surface area contributed by atoms with E-state index in [1.165, 1.54) is 27.8 Å². The molecule has 0 heterocycles. The first kappa shape index (κ1) is 11.3. The molecule has 16 heavy (non-hydrogen) atoms. The number of thiol groups is 1. The zero-order valence-electron chi connectivity index (χ0n) is 9.91. The summed E-state index contributed by atoms with van der Waals surface area (Å²) in [7, 11) is 0. The summed E-state index contributed by atoms with van der Waals surface area (Å²) in [5.74, 6) is 0. The van der Waals surface area contributed by atoms with Gasteiger partial charge in [0.1, 0.15) is 0 Å². The summed E-state index contributed by atoms with van der Waals surface area (Å²) in [6.07, 6.45) is 0. The van der Waals surface area contributed by atoms with Crippen LogP contribution in [0.15, 0.2) is 41.3 Å². The van der Waals surface area contributed by atoms with Crippen LogP contribution in [0, 0.1) is 20.8 Å². The van der Waals surface area contributed by atoms with Gasteiger partial charge >= 0.3 is 0 Å². The van der Waals surface area contributed by atoms with Crippen LogP contribution in [0.4, 0.5) is 0 Å². The Morgan fingerprint density at radius 3 is 2.31 bits per heavy atom. The van der Waals surface area contributed by atoms with Crippen molar-refractivity contribution in [1.29, 1.82) is 0 Å². The highest BCUT2D eigenvalue weighted by molar-refractivity contribution is 7.80. The molecule has 0 saturated carbocycles. The molecule has 2 aromatic carbocycles. The standard InChI is InChI=1S/C15H16S/c1-10-7-8-11(2)14(9-10)13-6-4-5-12(3)15(13)16/h4-9,16H,1-3H3. The average Bonchev–Trinajstić information content (AvgIpc) is 2.26. The Hall–Kier alpha value is -1.21. The fourth-order valence-electron chi connectivity index (χ4n) is 1.90. The third-order valence-electron chi connectivity index (χ3n) is 2.92. The minimum Gasteiger partial charge on any atom is -0.143 e. The monoisotopic (exact) mass is 228 g/mol.